The second-order valence-electron chi connectivity index (χ2n) is 11.4. The largest absolute Gasteiger partial charge is 0.315 e. The van der Waals surface area contributed by atoms with E-state index in [1.165, 1.54) is 28.8 Å². The lowest BCUT2D eigenvalue weighted by Gasteiger charge is -2.37. The zero-order valence-electron chi connectivity index (χ0n) is 22.5. The number of aryl methyl sites for hydroxylation is 1. The molecule has 0 radical (unpaired) electrons. The first-order valence-corrected chi connectivity index (χ1v) is 15.4. The highest BCUT2D eigenvalue weighted by Gasteiger charge is 2.65. The highest BCUT2D eigenvalue weighted by molar-refractivity contribution is 7.99. The summed E-state index contributed by atoms with van der Waals surface area (Å²) in [7, 11) is -2.21. The molecule has 1 fully saturated rings. The summed E-state index contributed by atoms with van der Waals surface area (Å²) in [4.78, 5) is 22.2. The van der Waals surface area contributed by atoms with E-state index in [1.807, 2.05) is 6.07 Å². The first kappa shape index (κ1) is 26.4. The molecule has 4 aromatic rings. The summed E-state index contributed by atoms with van der Waals surface area (Å²) in [6, 6.07) is 10.7. The fraction of sp³-hybridized carbons (Fsp3) is 0.333. The van der Waals surface area contributed by atoms with Crippen LogP contribution in [0, 0.1) is 17.0 Å². The lowest BCUT2D eigenvalue weighted by Crippen LogP contribution is -2.38. The number of hydrogen-bond acceptors (Lipinski definition) is 6. The van der Waals surface area contributed by atoms with Crippen molar-refractivity contribution in [2.45, 2.75) is 44.6 Å². The molecule has 2 aliphatic carbocycles. The zero-order chi connectivity index (χ0) is 28.4. The molecule has 2 bridgehead atoms. The third-order valence-electron chi connectivity index (χ3n) is 8.71. The topological polar surface area (TPSA) is 90.6 Å². The summed E-state index contributed by atoms with van der Waals surface area (Å²) in [5.74, 6) is 3.13. The first-order valence-electron chi connectivity index (χ1n) is 13.1. The number of rotatable bonds is 6. The zero-order valence-corrected chi connectivity index (χ0v) is 23.3. The Bertz CT molecular complexity index is 1820. The van der Waals surface area contributed by atoms with Crippen LogP contribution < -0.4 is 5.56 Å². The van der Waals surface area contributed by atoms with Crippen molar-refractivity contribution in [2.24, 2.45) is 5.41 Å². The van der Waals surface area contributed by atoms with E-state index < -0.39 is 26.6 Å². The number of benzene rings is 1. The normalized spacial score (nSPS) is 22.2. The second-order valence-corrected chi connectivity index (χ2v) is 14.2. The number of pyridine rings is 1. The van der Waals surface area contributed by atoms with Gasteiger partial charge < -0.3 is 4.57 Å². The van der Waals surface area contributed by atoms with Gasteiger partial charge in [-0.3, -0.25) is 9.00 Å². The molecule has 40 heavy (non-hydrogen) atoms. The van der Waals surface area contributed by atoms with Crippen LogP contribution in [0.15, 0.2) is 59.7 Å². The fourth-order valence-corrected chi connectivity index (χ4v) is 7.20. The van der Waals surface area contributed by atoms with Gasteiger partial charge in [-0.05, 0) is 75.5 Å². The average Bonchev–Trinajstić information content (AvgIpc) is 3.28. The van der Waals surface area contributed by atoms with Crippen LogP contribution in [0.3, 0.4) is 0 Å². The SMILES string of the molecule is C=S(C)(=O)CCn1ccc(-c2nccc([C@@]34CC[C@@H](c5cc(-c6c(F)cccc6F)nnc53)C4(C)C)n2)cc1=O. The van der Waals surface area contributed by atoms with Crippen LogP contribution in [0.5, 0.6) is 0 Å². The Balaban J connectivity index is 1.42. The van der Waals surface area contributed by atoms with Gasteiger partial charge in [-0.1, -0.05) is 19.9 Å². The fourth-order valence-electron chi connectivity index (χ4n) is 6.62. The Hall–Kier alpha value is -3.79. The molecule has 2 aliphatic rings. The van der Waals surface area contributed by atoms with Gasteiger partial charge in [-0.25, -0.2) is 18.7 Å². The van der Waals surface area contributed by atoms with Crippen molar-refractivity contribution >= 4 is 15.4 Å². The monoisotopic (exact) mass is 561 g/mol. The minimum Gasteiger partial charge on any atom is -0.315 e. The minimum absolute atomic E-state index is 0.107. The van der Waals surface area contributed by atoms with E-state index in [1.54, 1.807) is 30.8 Å². The summed E-state index contributed by atoms with van der Waals surface area (Å²) < 4.78 is 42.6. The van der Waals surface area contributed by atoms with E-state index in [4.69, 9.17) is 4.98 Å². The van der Waals surface area contributed by atoms with Crippen molar-refractivity contribution in [3.8, 4) is 22.6 Å². The molecular formula is C30H29F2N5O2S. The average molecular weight is 562 g/mol. The van der Waals surface area contributed by atoms with Crippen molar-refractivity contribution in [3.63, 3.8) is 0 Å². The van der Waals surface area contributed by atoms with Crippen LogP contribution in [0.2, 0.25) is 0 Å². The van der Waals surface area contributed by atoms with Crippen LogP contribution in [-0.4, -0.2) is 46.8 Å². The molecule has 0 amide bonds. The third kappa shape index (κ3) is 3.99. The molecule has 0 aliphatic heterocycles. The number of aromatic nitrogens is 5. The number of fused-ring (bicyclic) bond motifs is 5. The van der Waals surface area contributed by atoms with Gasteiger partial charge in [0.25, 0.3) is 5.56 Å². The van der Waals surface area contributed by atoms with E-state index in [0.717, 1.165) is 29.8 Å². The lowest BCUT2D eigenvalue weighted by molar-refractivity contribution is 0.243. The van der Waals surface area contributed by atoms with Crippen LogP contribution in [-0.2, 0) is 21.5 Å². The number of halogens is 2. The maximum atomic E-state index is 14.6. The molecule has 206 valence electrons. The minimum atomic E-state index is -2.21. The van der Waals surface area contributed by atoms with E-state index in [-0.39, 0.29) is 28.1 Å². The summed E-state index contributed by atoms with van der Waals surface area (Å²) in [6.07, 6.45) is 6.58. The van der Waals surface area contributed by atoms with Crippen LogP contribution >= 0.6 is 0 Å². The molecule has 6 rings (SSSR count). The summed E-state index contributed by atoms with van der Waals surface area (Å²) in [5.41, 5.74) is 1.94. The Labute approximate surface area is 231 Å². The summed E-state index contributed by atoms with van der Waals surface area (Å²) >= 11 is 0. The van der Waals surface area contributed by atoms with Crippen molar-refractivity contribution in [2.75, 3.05) is 12.0 Å². The Kier molecular flexibility index (Phi) is 6.03. The van der Waals surface area contributed by atoms with Gasteiger partial charge >= 0.3 is 0 Å². The van der Waals surface area contributed by atoms with E-state index >= 15 is 0 Å². The molecule has 3 heterocycles. The van der Waals surface area contributed by atoms with Crippen molar-refractivity contribution in [1.29, 1.82) is 0 Å². The van der Waals surface area contributed by atoms with Gasteiger partial charge in [0.05, 0.1) is 28.1 Å². The van der Waals surface area contributed by atoms with Crippen molar-refractivity contribution in [3.05, 3.63) is 93.8 Å². The first-order chi connectivity index (χ1) is 18.9. The van der Waals surface area contributed by atoms with Gasteiger partial charge in [-0.2, -0.15) is 5.10 Å². The van der Waals surface area contributed by atoms with Crippen molar-refractivity contribution in [1.82, 2.24) is 24.7 Å². The molecule has 0 N–H and O–H groups in total. The molecular weight excluding hydrogens is 532 g/mol. The molecule has 1 unspecified atom stereocenters. The Morgan fingerprint density at radius 2 is 1.88 bits per heavy atom. The highest BCUT2D eigenvalue weighted by Crippen LogP contribution is 2.69. The van der Waals surface area contributed by atoms with E-state index in [0.29, 0.717) is 23.7 Å². The predicted molar refractivity (Wildman–Crippen MR) is 152 cm³/mol. The highest BCUT2D eigenvalue weighted by atomic mass is 32.2. The molecule has 3 atom stereocenters. The van der Waals surface area contributed by atoms with E-state index in [2.05, 4.69) is 34.9 Å². The summed E-state index contributed by atoms with van der Waals surface area (Å²) in [5, 5.41) is 8.88. The predicted octanol–water partition coefficient (Wildman–Crippen LogP) is 4.59. The molecule has 7 nitrogen and oxygen atoms in total. The van der Waals surface area contributed by atoms with Crippen LogP contribution in [0.1, 0.15) is 49.6 Å². The van der Waals surface area contributed by atoms with Crippen molar-refractivity contribution < 1.29 is 13.0 Å². The molecule has 1 saturated carbocycles. The molecule has 10 heteroatoms. The lowest BCUT2D eigenvalue weighted by atomic mass is 9.66. The van der Waals surface area contributed by atoms with Gasteiger partial charge in [0.2, 0.25) is 0 Å². The van der Waals surface area contributed by atoms with Crippen LogP contribution in [0.25, 0.3) is 22.6 Å². The van der Waals surface area contributed by atoms with Gasteiger partial charge in [0.1, 0.15) is 11.6 Å². The number of nitrogens with zero attached hydrogens (tertiary/aromatic N) is 5. The quantitative estimate of drug-likeness (QED) is 0.320. The molecule has 0 spiro atoms. The maximum absolute atomic E-state index is 14.6. The molecule has 0 saturated heterocycles. The summed E-state index contributed by atoms with van der Waals surface area (Å²) in [6.45, 7) is 4.66. The Morgan fingerprint density at radius 3 is 2.58 bits per heavy atom. The van der Waals surface area contributed by atoms with Gasteiger partial charge in [-0.15, -0.1) is 5.10 Å². The second kappa shape index (κ2) is 9.12. The Morgan fingerprint density at radius 1 is 1.12 bits per heavy atom. The van der Waals surface area contributed by atoms with Gasteiger partial charge in [0.15, 0.2) is 5.82 Å². The van der Waals surface area contributed by atoms with E-state index in [9.17, 15) is 17.8 Å². The molecule has 1 aromatic carbocycles. The van der Waals surface area contributed by atoms with Crippen LogP contribution in [0.4, 0.5) is 8.78 Å². The maximum Gasteiger partial charge on any atom is 0.251 e. The molecule has 3 aromatic heterocycles. The third-order valence-corrected chi connectivity index (χ3v) is 9.76. The van der Waals surface area contributed by atoms with Gasteiger partial charge in [0, 0.05) is 42.6 Å². The standard InChI is InChI=1S/C30H29F2N5O2S/c1-29(2)20-8-11-30(29,27-19(20)17-23(35-36-27)26-21(31)6-5-7-22(26)32)24-9-12-33-28(34-24)18-10-13-37(25(38)16-18)14-15-40(3,4)39/h5-7,9-10,12-13,16-17,20H,3,8,11,14-15H2,1-2,4H3/t20-,30-,40?/m0/s1. The number of hydrogen-bond donors (Lipinski definition) is 0. The smallest absolute Gasteiger partial charge is 0.251 e.